The van der Waals surface area contributed by atoms with Crippen LogP contribution in [0.5, 0.6) is 0 Å². The van der Waals surface area contributed by atoms with E-state index < -0.39 is 0 Å². The van der Waals surface area contributed by atoms with Crippen molar-refractivity contribution in [3.63, 3.8) is 0 Å². The second-order valence-electron chi connectivity index (χ2n) is 3.91. The largest absolute Gasteiger partial charge is 0.396 e. The first-order valence-corrected chi connectivity index (χ1v) is 4.96. The van der Waals surface area contributed by atoms with Crippen LogP contribution in [0.15, 0.2) is 5.16 Å². The molecule has 0 radical (unpaired) electrons. The predicted molar refractivity (Wildman–Crippen MR) is 51.3 cm³/mol. The summed E-state index contributed by atoms with van der Waals surface area (Å²) in [7, 11) is 0. The molecule has 70 valence electrons. The van der Waals surface area contributed by atoms with Gasteiger partial charge in [0, 0.05) is 0 Å². The fraction of sp³-hybridized carbons (Fsp3) is 0.900. The van der Waals surface area contributed by atoms with Crippen molar-refractivity contribution in [2.75, 3.05) is 6.61 Å². The van der Waals surface area contributed by atoms with Gasteiger partial charge in [0.15, 0.2) is 0 Å². The first-order chi connectivity index (χ1) is 5.79. The second kappa shape index (κ2) is 5.18. The van der Waals surface area contributed by atoms with Crippen molar-refractivity contribution >= 4 is 5.71 Å². The number of oxime groups is 1. The van der Waals surface area contributed by atoms with Gasteiger partial charge in [0.05, 0.1) is 5.71 Å². The highest BCUT2D eigenvalue weighted by molar-refractivity contribution is 5.84. The lowest BCUT2D eigenvalue weighted by atomic mass is 9.99. The zero-order valence-electron chi connectivity index (χ0n) is 8.18. The molecule has 0 bridgehead atoms. The average molecular weight is 169 g/mol. The van der Waals surface area contributed by atoms with E-state index in [1.165, 1.54) is 25.0 Å². The lowest BCUT2D eigenvalue weighted by Crippen LogP contribution is -2.06. The van der Waals surface area contributed by atoms with Crippen molar-refractivity contribution in [2.45, 2.75) is 46.0 Å². The molecule has 0 aliphatic heterocycles. The maximum Gasteiger partial charge on any atom is 0.119 e. The highest BCUT2D eigenvalue weighted by Crippen LogP contribution is 2.14. The highest BCUT2D eigenvalue weighted by Gasteiger charge is 2.06. The van der Waals surface area contributed by atoms with E-state index in [0.717, 1.165) is 19.4 Å². The molecule has 2 nitrogen and oxygen atoms in total. The fourth-order valence-electron chi connectivity index (χ4n) is 1.33. The summed E-state index contributed by atoms with van der Waals surface area (Å²) in [5, 5.41) is 4.14. The van der Waals surface area contributed by atoms with E-state index in [9.17, 15) is 0 Å². The number of hydrogen-bond donors (Lipinski definition) is 0. The first-order valence-electron chi connectivity index (χ1n) is 4.96. The molecular weight excluding hydrogens is 150 g/mol. The molecule has 0 heterocycles. The van der Waals surface area contributed by atoms with Crippen molar-refractivity contribution in [3.05, 3.63) is 0 Å². The van der Waals surface area contributed by atoms with Gasteiger partial charge in [-0.1, -0.05) is 25.4 Å². The lowest BCUT2D eigenvalue weighted by molar-refractivity contribution is 0.117. The lowest BCUT2D eigenvalue weighted by Gasteiger charge is -2.11. The SMILES string of the molecule is CC(C)CON=C1CCCCC1. The highest BCUT2D eigenvalue weighted by atomic mass is 16.6. The predicted octanol–water partition coefficient (Wildman–Crippen LogP) is 2.98. The zero-order valence-corrected chi connectivity index (χ0v) is 8.18. The molecule has 1 rings (SSSR count). The van der Waals surface area contributed by atoms with Crippen molar-refractivity contribution < 1.29 is 4.84 Å². The van der Waals surface area contributed by atoms with Crippen molar-refractivity contribution in [3.8, 4) is 0 Å². The van der Waals surface area contributed by atoms with E-state index in [1.807, 2.05) is 0 Å². The third kappa shape index (κ3) is 3.74. The Hall–Kier alpha value is -0.530. The maximum atomic E-state index is 5.22. The molecule has 1 saturated carbocycles. The molecule has 0 saturated heterocycles. The van der Waals surface area contributed by atoms with Crippen LogP contribution in [0.4, 0.5) is 0 Å². The summed E-state index contributed by atoms with van der Waals surface area (Å²) in [6.45, 7) is 5.03. The molecule has 0 N–H and O–H groups in total. The van der Waals surface area contributed by atoms with E-state index in [-0.39, 0.29) is 0 Å². The summed E-state index contributed by atoms with van der Waals surface area (Å²) in [5.41, 5.74) is 1.27. The van der Waals surface area contributed by atoms with Crippen LogP contribution in [-0.2, 0) is 4.84 Å². The minimum absolute atomic E-state index is 0.581. The van der Waals surface area contributed by atoms with E-state index >= 15 is 0 Å². The molecule has 1 aliphatic rings. The van der Waals surface area contributed by atoms with Crippen LogP contribution < -0.4 is 0 Å². The van der Waals surface area contributed by atoms with Gasteiger partial charge in [0.2, 0.25) is 0 Å². The van der Waals surface area contributed by atoms with E-state index in [4.69, 9.17) is 4.84 Å². The molecule has 2 heteroatoms. The van der Waals surface area contributed by atoms with Gasteiger partial charge in [0.25, 0.3) is 0 Å². The summed E-state index contributed by atoms with van der Waals surface area (Å²) in [6, 6.07) is 0. The molecule has 0 atom stereocenters. The average Bonchev–Trinajstić information content (AvgIpc) is 2.05. The number of hydrogen-bond acceptors (Lipinski definition) is 2. The van der Waals surface area contributed by atoms with Gasteiger partial charge in [-0.15, -0.1) is 0 Å². The van der Waals surface area contributed by atoms with Gasteiger partial charge in [-0.2, -0.15) is 0 Å². The molecule has 0 aromatic heterocycles. The molecular formula is C10H19NO. The summed E-state index contributed by atoms with van der Waals surface area (Å²) in [4.78, 5) is 5.22. The molecule has 0 aromatic carbocycles. The van der Waals surface area contributed by atoms with Crippen molar-refractivity contribution in [1.29, 1.82) is 0 Å². The van der Waals surface area contributed by atoms with Gasteiger partial charge in [-0.05, 0) is 31.6 Å². The van der Waals surface area contributed by atoms with Crippen LogP contribution in [0.25, 0.3) is 0 Å². The zero-order chi connectivity index (χ0) is 8.81. The molecule has 0 aromatic rings. The Balaban J connectivity index is 2.16. The third-order valence-electron chi connectivity index (χ3n) is 2.03. The summed E-state index contributed by atoms with van der Waals surface area (Å²) >= 11 is 0. The summed E-state index contributed by atoms with van der Waals surface area (Å²) in [5.74, 6) is 0.581. The Labute approximate surface area is 75.0 Å². The van der Waals surface area contributed by atoms with E-state index in [2.05, 4.69) is 19.0 Å². The molecule has 0 amide bonds. The van der Waals surface area contributed by atoms with E-state index in [0.29, 0.717) is 5.92 Å². The topological polar surface area (TPSA) is 21.6 Å². The molecule has 0 spiro atoms. The van der Waals surface area contributed by atoms with Gasteiger partial charge < -0.3 is 4.84 Å². The third-order valence-corrected chi connectivity index (χ3v) is 2.03. The molecule has 1 fully saturated rings. The van der Waals surface area contributed by atoms with Crippen molar-refractivity contribution in [2.24, 2.45) is 11.1 Å². The number of rotatable bonds is 3. The Morgan fingerprint density at radius 1 is 1.25 bits per heavy atom. The van der Waals surface area contributed by atoms with Gasteiger partial charge in [0.1, 0.15) is 6.61 Å². The molecule has 0 unspecified atom stereocenters. The monoisotopic (exact) mass is 169 g/mol. The normalized spacial score (nSPS) is 18.1. The fourth-order valence-corrected chi connectivity index (χ4v) is 1.33. The Morgan fingerprint density at radius 2 is 1.92 bits per heavy atom. The van der Waals surface area contributed by atoms with Crippen molar-refractivity contribution in [1.82, 2.24) is 0 Å². The molecule has 12 heavy (non-hydrogen) atoms. The van der Waals surface area contributed by atoms with Crippen LogP contribution >= 0.6 is 0 Å². The molecule has 1 aliphatic carbocycles. The van der Waals surface area contributed by atoms with Gasteiger partial charge in [-0.25, -0.2) is 0 Å². The summed E-state index contributed by atoms with van der Waals surface area (Å²) in [6.07, 6.45) is 6.26. The minimum Gasteiger partial charge on any atom is -0.396 e. The number of nitrogens with zero attached hydrogens (tertiary/aromatic N) is 1. The Bertz CT molecular complexity index is 144. The summed E-state index contributed by atoms with van der Waals surface area (Å²) < 4.78 is 0. The smallest absolute Gasteiger partial charge is 0.119 e. The second-order valence-corrected chi connectivity index (χ2v) is 3.91. The first kappa shape index (κ1) is 9.56. The quantitative estimate of drug-likeness (QED) is 0.595. The Kier molecular flexibility index (Phi) is 4.12. The van der Waals surface area contributed by atoms with Crippen LogP contribution in [0.1, 0.15) is 46.0 Å². The minimum atomic E-state index is 0.581. The van der Waals surface area contributed by atoms with Crippen LogP contribution in [0.2, 0.25) is 0 Å². The van der Waals surface area contributed by atoms with E-state index in [1.54, 1.807) is 0 Å². The van der Waals surface area contributed by atoms with Crippen LogP contribution in [0, 0.1) is 5.92 Å². The maximum absolute atomic E-state index is 5.22. The van der Waals surface area contributed by atoms with Crippen LogP contribution in [-0.4, -0.2) is 12.3 Å². The van der Waals surface area contributed by atoms with Crippen LogP contribution in [0.3, 0.4) is 0 Å². The van der Waals surface area contributed by atoms with Gasteiger partial charge >= 0.3 is 0 Å². The van der Waals surface area contributed by atoms with Gasteiger partial charge in [-0.3, -0.25) is 0 Å². The standard InChI is InChI=1S/C10H19NO/c1-9(2)8-12-11-10-6-4-3-5-7-10/h9H,3-8H2,1-2H3. The Morgan fingerprint density at radius 3 is 2.50 bits per heavy atom.